The molecule has 1 amide bonds. The smallest absolute Gasteiger partial charge is 0.318 e. The standard InChI is InChI=1S/C31H36N8O2.H2S/c1-4-29(40)39-16-15-38(19-24(39)18-32-2)30-26-11-14-37(28-9-5-7-22-17-33-12-10-25(22)28)20-27(26)34-31(35-30)41-21-23-8-6-13-36(23)3;/h4-5,7,9-10,12,17,23-24H,1,6,8,11,13-16,18-21H2,3H3;1H2/t23-,24?;/m0./s1. The number of hydrogen-bond donors (Lipinski definition) is 0. The van der Waals surface area contributed by atoms with Crippen LogP contribution in [0.5, 0.6) is 6.01 Å². The maximum absolute atomic E-state index is 12.5. The van der Waals surface area contributed by atoms with E-state index in [1.165, 1.54) is 23.6 Å². The number of carbonyl (C=O) groups excluding carboxylic acids is 1. The minimum absolute atomic E-state index is 0. The van der Waals surface area contributed by atoms with E-state index in [-0.39, 0.29) is 32.0 Å². The molecule has 6 rings (SSSR count). The van der Waals surface area contributed by atoms with Gasteiger partial charge in [-0.25, -0.2) is 6.57 Å². The summed E-state index contributed by atoms with van der Waals surface area (Å²) in [7, 11) is 2.14. The number of likely N-dealkylation sites (tertiary alicyclic amines) is 1. The molecular formula is C31H38N8O2S. The first-order valence-corrected chi connectivity index (χ1v) is 14.4. The molecule has 2 fully saturated rings. The van der Waals surface area contributed by atoms with Crippen LogP contribution in [0.3, 0.4) is 0 Å². The van der Waals surface area contributed by atoms with Gasteiger partial charge in [0.2, 0.25) is 12.5 Å². The second-order valence-corrected chi connectivity index (χ2v) is 11.1. The van der Waals surface area contributed by atoms with Crippen molar-refractivity contribution in [1.29, 1.82) is 0 Å². The Hall–Kier alpha value is -3.88. The van der Waals surface area contributed by atoms with E-state index in [0.29, 0.717) is 44.8 Å². The molecule has 5 heterocycles. The fourth-order valence-electron chi connectivity index (χ4n) is 6.38. The summed E-state index contributed by atoms with van der Waals surface area (Å²) in [6.07, 6.45) is 8.15. The minimum Gasteiger partial charge on any atom is -0.462 e. The number of ether oxygens (including phenoxy) is 1. The predicted octanol–water partition coefficient (Wildman–Crippen LogP) is 3.30. The van der Waals surface area contributed by atoms with Gasteiger partial charge in [0.1, 0.15) is 18.5 Å². The van der Waals surface area contributed by atoms with E-state index in [1.807, 2.05) is 12.4 Å². The van der Waals surface area contributed by atoms with Crippen molar-refractivity contribution >= 4 is 41.7 Å². The molecule has 2 saturated heterocycles. The third-order valence-electron chi connectivity index (χ3n) is 8.64. The number of amides is 1. The molecule has 10 nitrogen and oxygen atoms in total. The van der Waals surface area contributed by atoms with Gasteiger partial charge in [-0.15, -0.1) is 0 Å². The number of likely N-dealkylation sites (N-methyl/N-ethyl adjacent to an activating group) is 1. The Bertz CT molecular complexity index is 1490. The second kappa shape index (κ2) is 13.0. The van der Waals surface area contributed by atoms with Crippen molar-refractivity contribution in [2.24, 2.45) is 0 Å². The lowest BCUT2D eigenvalue weighted by Crippen LogP contribution is -2.56. The van der Waals surface area contributed by atoms with Crippen molar-refractivity contribution in [3.05, 3.63) is 72.0 Å². The summed E-state index contributed by atoms with van der Waals surface area (Å²) in [6.45, 7) is 16.2. The normalized spacial score (nSPS) is 20.5. The van der Waals surface area contributed by atoms with E-state index >= 15 is 0 Å². The Morgan fingerprint density at radius 3 is 2.83 bits per heavy atom. The van der Waals surface area contributed by atoms with Gasteiger partial charge < -0.3 is 29.2 Å². The first-order chi connectivity index (χ1) is 20.1. The molecule has 0 radical (unpaired) electrons. The van der Waals surface area contributed by atoms with Crippen LogP contribution in [0.4, 0.5) is 11.5 Å². The van der Waals surface area contributed by atoms with E-state index in [2.05, 4.69) is 62.4 Å². The second-order valence-electron chi connectivity index (χ2n) is 11.1. The molecule has 0 spiro atoms. The molecule has 0 N–H and O–H groups in total. The highest BCUT2D eigenvalue weighted by atomic mass is 32.1. The molecule has 1 aromatic carbocycles. The number of rotatable bonds is 7. The predicted molar refractivity (Wildman–Crippen MR) is 169 cm³/mol. The Morgan fingerprint density at radius 2 is 2.05 bits per heavy atom. The lowest BCUT2D eigenvalue weighted by molar-refractivity contribution is -0.128. The largest absolute Gasteiger partial charge is 0.462 e. The summed E-state index contributed by atoms with van der Waals surface area (Å²) in [5.74, 6) is 0.737. The summed E-state index contributed by atoms with van der Waals surface area (Å²) >= 11 is 0. The maximum Gasteiger partial charge on any atom is 0.318 e. The molecule has 220 valence electrons. The van der Waals surface area contributed by atoms with Gasteiger partial charge in [-0.1, -0.05) is 18.7 Å². The van der Waals surface area contributed by atoms with Gasteiger partial charge >= 0.3 is 6.01 Å². The Balaban J connectivity index is 0.00000353. The number of piperazine rings is 1. The van der Waals surface area contributed by atoms with Gasteiger partial charge in [-0.05, 0) is 51.1 Å². The Morgan fingerprint density at radius 1 is 1.17 bits per heavy atom. The molecule has 42 heavy (non-hydrogen) atoms. The Labute approximate surface area is 254 Å². The van der Waals surface area contributed by atoms with Crippen molar-refractivity contribution in [3.63, 3.8) is 0 Å². The molecule has 0 saturated carbocycles. The van der Waals surface area contributed by atoms with Crippen LogP contribution in [0.15, 0.2) is 49.3 Å². The van der Waals surface area contributed by atoms with E-state index in [9.17, 15) is 4.79 Å². The molecular weight excluding hydrogens is 548 g/mol. The topological polar surface area (TPSA) is 82.3 Å². The molecule has 3 aliphatic rings. The van der Waals surface area contributed by atoms with Crippen LogP contribution in [0.2, 0.25) is 0 Å². The first-order valence-electron chi connectivity index (χ1n) is 14.4. The molecule has 3 aliphatic heterocycles. The zero-order valence-electron chi connectivity index (χ0n) is 24.1. The van der Waals surface area contributed by atoms with Crippen LogP contribution in [0.25, 0.3) is 15.6 Å². The molecule has 2 aromatic heterocycles. The number of benzene rings is 1. The van der Waals surface area contributed by atoms with Gasteiger partial charge in [-0.2, -0.15) is 23.5 Å². The van der Waals surface area contributed by atoms with E-state index in [4.69, 9.17) is 21.3 Å². The lowest BCUT2D eigenvalue weighted by atomic mass is 10.0. The third-order valence-corrected chi connectivity index (χ3v) is 8.64. The van der Waals surface area contributed by atoms with Crippen molar-refractivity contribution in [2.45, 2.75) is 37.9 Å². The molecule has 11 heteroatoms. The maximum atomic E-state index is 12.5. The average Bonchev–Trinajstić information content (AvgIpc) is 3.43. The van der Waals surface area contributed by atoms with Crippen LogP contribution in [0, 0.1) is 6.57 Å². The summed E-state index contributed by atoms with van der Waals surface area (Å²) in [5.41, 5.74) is 3.26. The van der Waals surface area contributed by atoms with Gasteiger partial charge in [-0.3, -0.25) is 9.78 Å². The van der Waals surface area contributed by atoms with Crippen molar-refractivity contribution in [3.8, 4) is 6.01 Å². The summed E-state index contributed by atoms with van der Waals surface area (Å²) < 4.78 is 6.28. The quantitative estimate of drug-likeness (QED) is 0.308. The van der Waals surface area contributed by atoms with Crippen molar-refractivity contribution < 1.29 is 9.53 Å². The fourth-order valence-corrected chi connectivity index (χ4v) is 6.38. The first kappa shape index (κ1) is 29.6. The molecule has 0 bridgehead atoms. The molecule has 2 atom stereocenters. The number of nitrogens with zero attached hydrogens (tertiary/aromatic N) is 8. The van der Waals surface area contributed by atoms with Crippen LogP contribution in [-0.2, 0) is 17.8 Å². The van der Waals surface area contributed by atoms with E-state index in [0.717, 1.165) is 48.4 Å². The number of pyridine rings is 1. The zero-order valence-corrected chi connectivity index (χ0v) is 25.1. The zero-order chi connectivity index (χ0) is 28.3. The van der Waals surface area contributed by atoms with Crippen LogP contribution < -0.4 is 14.5 Å². The summed E-state index contributed by atoms with van der Waals surface area (Å²) in [4.78, 5) is 39.1. The fraction of sp³-hybridized carbons (Fsp3) is 0.452. The van der Waals surface area contributed by atoms with Crippen molar-refractivity contribution in [1.82, 2.24) is 24.8 Å². The highest BCUT2D eigenvalue weighted by molar-refractivity contribution is 7.59. The van der Waals surface area contributed by atoms with Crippen LogP contribution in [-0.4, -0.2) is 95.7 Å². The molecule has 3 aromatic rings. The van der Waals surface area contributed by atoms with Gasteiger partial charge in [0.05, 0.1) is 12.2 Å². The van der Waals surface area contributed by atoms with E-state index in [1.54, 1.807) is 4.90 Å². The number of aromatic nitrogens is 3. The SMILES string of the molecule is S.[C-]#[N+]CC1CN(c2nc(OC[C@@H]3CCCN3C)nc3c2CCN(c2cccc4cnccc24)C3)CCN1C(=O)C=C. The summed E-state index contributed by atoms with van der Waals surface area (Å²) in [5, 5.41) is 2.28. The van der Waals surface area contributed by atoms with E-state index < -0.39 is 0 Å². The Kier molecular flexibility index (Phi) is 9.14. The summed E-state index contributed by atoms with van der Waals surface area (Å²) in [6, 6.07) is 8.93. The van der Waals surface area contributed by atoms with Crippen LogP contribution in [0.1, 0.15) is 24.1 Å². The molecule has 0 aliphatic carbocycles. The lowest BCUT2D eigenvalue weighted by Gasteiger charge is -2.41. The monoisotopic (exact) mass is 586 g/mol. The molecule has 1 unspecified atom stereocenters. The van der Waals surface area contributed by atoms with Gasteiger partial charge in [0.25, 0.3) is 0 Å². The number of hydrogen-bond acceptors (Lipinski definition) is 8. The minimum atomic E-state index is -0.224. The van der Waals surface area contributed by atoms with Crippen LogP contribution >= 0.6 is 13.5 Å². The number of anilines is 2. The number of carbonyl (C=O) groups is 1. The third kappa shape index (κ3) is 5.87. The van der Waals surface area contributed by atoms with Gasteiger partial charge in [0, 0.05) is 66.6 Å². The van der Waals surface area contributed by atoms with Crippen molar-refractivity contribution in [2.75, 3.05) is 62.7 Å². The number of fused-ring (bicyclic) bond motifs is 2. The average molecular weight is 587 g/mol. The highest BCUT2D eigenvalue weighted by Gasteiger charge is 2.35. The van der Waals surface area contributed by atoms with Gasteiger partial charge in [0.15, 0.2) is 0 Å². The highest BCUT2D eigenvalue weighted by Crippen LogP contribution is 2.34.